The molecule has 1 saturated heterocycles. The van der Waals surface area contributed by atoms with Crippen molar-refractivity contribution in [3.05, 3.63) is 58.5 Å². The van der Waals surface area contributed by atoms with Gasteiger partial charge in [-0.25, -0.2) is 0 Å². The predicted octanol–water partition coefficient (Wildman–Crippen LogP) is 6.19. The van der Waals surface area contributed by atoms with Gasteiger partial charge in [-0.15, -0.1) is 11.3 Å². The molecule has 0 aliphatic carbocycles. The van der Waals surface area contributed by atoms with E-state index in [1.54, 1.807) is 11.3 Å². The van der Waals surface area contributed by atoms with Gasteiger partial charge in [-0.05, 0) is 67.0 Å². The Morgan fingerprint density at radius 1 is 1.07 bits per heavy atom. The number of nitriles is 1. The van der Waals surface area contributed by atoms with E-state index in [-0.39, 0.29) is 0 Å². The molecule has 5 rings (SSSR count). The van der Waals surface area contributed by atoms with Crippen LogP contribution in [0.3, 0.4) is 0 Å². The van der Waals surface area contributed by atoms with Crippen molar-refractivity contribution < 1.29 is 4.74 Å². The topological polar surface area (TPSA) is 36.3 Å². The highest BCUT2D eigenvalue weighted by Gasteiger charge is 2.27. The van der Waals surface area contributed by atoms with Crippen LogP contribution in [0.2, 0.25) is 0 Å². The minimum atomic E-state index is 0.634. The average Bonchev–Trinajstić information content (AvgIpc) is 3.22. The number of fused-ring (bicyclic) bond motifs is 3. The molecule has 0 saturated carbocycles. The highest BCUT2D eigenvalue weighted by Crippen LogP contribution is 2.46. The maximum Gasteiger partial charge on any atom is 0.127 e. The van der Waals surface area contributed by atoms with E-state index in [4.69, 9.17) is 4.74 Å². The van der Waals surface area contributed by atoms with E-state index < -0.39 is 0 Å². The summed E-state index contributed by atoms with van der Waals surface area (Å²) in [6.45, 7) is 4.78. The summed E-state index contributed by atoms with van der Waals surface area (Å²) in [5.74, 6) is 0.888. The van der Waals surface area contributed by atoms with Crippen molar-refractivity contribution in [3.8, 4) is 33.4 Å². The molecule has 2 aliphatic rings. The lowest BCUT2D eigenvalue weighted by atomic mass is 9.87. The number of ether oxygens (including phenoxy) is 1. The first-order chi connectivity index (χ1) is 14.3. The lowest BCUT2D eigenvalue weighted by Gasteiger charge is -2.31. The summed E-state index contributed by atoms with van der Waals surface area (Å²) in [5.41, 5.74) is 7.72. The summed E-state index contributed by atoms with van der Waals surface area (Å²) in [7, 11) is 0. The summed E-state index contributed by atoms with van der Waals surface area (Å²) < 4.78 is 6.12. The molecule has 29 heavy (non-hydrogen) atoms. The van der Waals surface area contributed by atoms with E-state index >= 15 is 0 Å². The second-order valence-electron chi connectivity index (χ2n) is 7.91. The molecule has 1 fully saturated rings. The molecule has 2 aromatic carbocycles. The molecule has 0 unspecified atom stereocenters. The Morgan fingerprint density at radius 3 is 2.69 bits per heavy atom. The number of piperidine rings is 1. The zero-order chi connectivity index (χ0) is 19.8. The maximum absolute atomic E-state index is 10.3. The van der Waals surface area contributed by atoms with Crippen LogP contribution in [0.25, 0.3) is 21.6 Å². The van der Waals surface area contributed by atoms with Crippen molar-refractivity contribution in [3.63, 3.8) is 0 Å². The quantitative estimate of drug-likeness (QED) is 0.515. The van der Waals surface area contributed by atoms with Gasteiger partial charge in [0.05, 0.1) is 17.9 Å². The molecule has 2 aliphatic heterocycles. The van der Waals surface area contributed by atoms with Crippen molar-refractivity contribution in [1.29, 1.82) is 5.26 Å². The number of thiophene rings is 1. The van der Waals surface area contributed by atoms with Crippen molar-refractivity contribution >= 4 is 17.0 Å². The van der Waals surface area contributed by atoms with Gasteiger partial charge in [-0.2, -0.15) is 5.26 Å². The van der Waals surface area contributed by atoms with Gasteiger partial charge >= 0.3 is 0 Å². The molecule has 3 aromatic rings. The largest absolute Gasteiger partial charge is 0.493 e. The summed E-state index contributed by atoms with van der Waals surface area (Å²) >= 11 is 1.77. The lowest BCUT2D eigenvalue weighted by molar-refractivity contribution is 0.326. The molecule has 3 nitrogen and oxygen atoms in total. The molecular formula is C25H24N2OS. The first-order valence-corrected chi connectivity index (χ1v) is 11.3. The van der Waals surface area contributed by atoms with Gasteiger partial charge in [0.1, 0.15) is 11.8 Å². The Bertz CT molecular complexity index is 1090. The van der Waals surface area contributed by atoms with Gasteiger partial charge < -0.3 is 9.64 Å². The summed E-state index contributed by atoms with van der Waals surface area (Å²) in [6, 6.07) is 15.5. The van der Waals surface area contributed by atoms with Crippen molar-refractivity contribution in [2.45, 2.75) is 32.6 Å². The van der Waals surface area contributed by atoms with Crippen LogP contribution in [-0.2, 0) is 6.42 Å². The monoisotopic (exact) mass is 400 g/mol. The van der Waals surface area contributed by atoms with Crippen LogP contribution in [-0.4, -0.2) is 19.7 Å². The molecule has 0 bridgehead atoms. The Hall–Kier alpha value is -2.77. The fourth-order valence-corrected chi connectivity index (χ4v) is 5.41. The van der Waals surface area contributed by atoms with Gasteiger partial charge in [-0.1, -0.05) is 17.7 Å². The van der Waals surface area contributed by atoms with Gasteiger partial charge in [0, 0.05) is 35.5 Å². The number of nitrogens with zero attached hydrogens (tertiary/aromatic N) is 2. The van der Waals surface area contributed by atoms with E-state index in [2.05, 4.69) is 59.7 Å². The Morgan fingerprint density at radius 2 is 1.93 bits per heavy atom. The maximum atomic E-state index is 10.3. The molecular weight excluding hydrogens is 376 g/mol. The average molecular weight is 401 g/mol. The minimum Gasteiger partial charge on any atom is -0.493 e. The number of rotatable bonds is 2. The van der Waals surface area contributed by atoms with E-state index in [0.717, 1.165) is 47.6 Å². The van der Waals surface area contributed by atoms with Crippen molar-refractivity contribution in [1.82, 2.24) is 0 Å². The summed E-state index contributed by atoms with van der Waals surface area (Å²) in [4.78, 5) is 3.68. The third-order valence-corrected chi connectivity index (χ3v) is 6.93. The number of aryl methyl sites for hydroxylation is 1. The van der Waals surface area contributed by atoms with Gasteiger partial charge in [0.15, 0.2) is 0 Å². The van der Waals surface area contributed by atoms with E-state index in [1.807, 2.05) is 0 Å². The third-order valence-electron chi connectivity index (χ3n) is 6.02. The van der Waals surface area contributed by atoms with Gasteiger partial charge in [0.25, 0.3) is 0 Å². The Balaban J connectivity index is 1.84. The number of benzene rings is 2. The van der Waals surface area contributed by atoms with Crippen LogP contribution in [0.1, 0.15) is 36.0 Å². The number of hydrogen-bond donors (Lipinski definition) is 0. The molecule has 146 valence electrons. The molecule has 0 amide bonds. The SMILES string of the molecule is Cc1ccc2c(c1)-c1c(C#N)c(N3CCCCC3)cc(-c3cccs3)c1CCO2. The smallest absolute Gasteiger partial charge is 0.127 e. The van der Waals surface area contributed by atoms with Crippen molar-refractivity contribution in [2.75, 3.05) is 24.6 Å². The normalized spacial score (nSPS) is 15.7. The Labute approximate surface area is 176 Å². The summed E-state index contributed by atoms with van der Waals surface area (Å²) in [5, 5.41) is 12.4. The van der Waals surface area contributed by atoms with Crippen LogP contribution in [0.4, 0.5) is 5.69 Å². The Kier molecular flexibility index (Phi) is 4.77. The number of anilines is 1. The van der Waals surface area contributed by atoms with Crippen LogP contribution in [0.5, 0.6) is 5.75 Å². The summed E-state index contributed by atoms with van der Waals surface area (Å²) in [6.07, 6.45) is 4.46. The zero-order valence-corrected chi connectivity index (χ0v) is 17.5. The molecule has 4 heteroatoms. The van der Waals surface area contributed by atoms with E-state index in [0.29, 0.717) is 6.61 Å². The zero-order valence-electron chi connectivity index (χ0n) is 16.7. The van der Waals surface area contributed by atoms with Crippen LogP contribution in [0.15, 0.2) is 41.8 Å². The van der Waals surface area contributed by atoms with Crippen LogP contribution >= 0.6 is 11.3 Å². The highest BCUT2D eigenvalue weighted by atomic mass is 32.1. The fraction of sp³-hybridized carbons (Fsp3) is 0.320. The molecule has 0 spiro atoms. The standard InChI is InChI=1S/C25H24N2OS/c1-17-7-8-23-20(14-17)25-18(9-12-28-23)19(24-6-5-13-29-24)15-22(21(25)16-26)27-10-3-2-4-11-27/h5-8,13-15H,2-4,9-12H2,1H3. The molecule has 0 atom stereocenters. The van der Waals surface area contributed by atoms with Gasteiger partial charge in [0.2, 0.25) is 0 Å². The second-order valence-corrected chi connectivity index (χ2v) is 8.85. The fourth-order valence-electron chi connectivity index (χ4n) is 4.64. The van der Waals surface area contributed by atoms with E-state index in [9.17, 15) is 5.26 Å². The molecule has 0 N–H and O–H groups in total. The number of hydrogen-bond acceptors (Lipinski definition) is 4. The first-order valence-electron chi connectivity index (χ1n) is 10.4. The van der Waals surface area contributed by atoms with Crippen LogP contribution < -0.4 is 9.64 Å². The minimum absolute atomic E-state index is 0.634. The third kappa shape index (κ3) is 3.20. The van der Waals surface area contributed by atoms with E-state index in [1.165, 1.54) is 40.8 Å². The first kappa shape index (κ1) is 18.3. The molecule has 1 aromatic heterocycles. The van der Waals surface area contributed by atoms with Gasteiger partial charge in [-0.3, -0.25) is 0 Å². The molecule has 0 radical (unpaired) electrons. The predicted molar refractivity (Wildman–Crippen MR) is 120 cm³/mol. The van der Waals surface area contributed by atoms with Crippen molar-refractivity contribution in [2.24, 2.45) is 0 Å². The molecule has 3 heterocycles. The highest BCUT2D eigenvalue weighted by molar-refractivity contribution is 7.13. The lowest BCUT2D eigenvalue weighted by Crippen LogP contribution is -2.30. The van der Waals surface area contributed by atoms with Crippen LogP contribution in [0, 0.1) is 18.3 Å². The second kappa shape index (κ2) is 7.57.